The van der Waals surface area contributed by atoms with Crippen molar-refractivity contribution in [1.82, 2.24) is 0 Å². The van der Waals surface area contributed by atoms with Crippen LogP contribution in [0.5, 0.6) is 5.75 Å². The van der Waals surface area contributed by atoms with Crippen LogP contribution in [0.15, 0.2) is 18.2 Å². The van der Waals surface area contributed by atoms with E-state index < -0.39 is 0 Å². The van der Waals surface area contributed by atoms with Gasteiger partial charge in [0.1, 0.15) is 17.7 Å². The van der Waals surface area contributed by atoms with Crippen LogP contribution >= 0.6 is 0 Å². The molecule has 1 heterocycles. The third-order valence-corrected chi connectivity index (χ3v) is 1.89. The topological polar surface area (TPSA) is 21.8 Å². The molecule has 0 aliphatic carbocycles. The van der Waals surface area contributed by atoms with Gasteiger partial charge in [0.15, 0.2) is 0 Å². The van der Waals surface area contributed by atoms with Crippen molar-refractivity contribution >= 4 is 0 Å². The van der Waals surface area contributed by atoms with Crippen molar-refractivity contribution in [2.75, 3.05) is 13.7 Å². The minimum absolute atomic E-state index is 0.0316. The molecular formula is C9H9FO2. The Bertz CT molecular complexity index is 295. The van der Waals surface area contributed by atoms with Crippen LogP contribution in [0.3, 0.4) is 0 Å². The van der Waals surface area contributed by atoms with E-state index in [4.69, 9.17) is 9.47 Å². The molecule has 1 aliphatic rings. The summed E-state index contributed by atoms with van der Waals surface area (Å²) in [5, 5.41) is 0. The van der Waals surface area contributed by atoms with Crippen LogP contribution < -0.4 is 4.74 Å². The molecule has 0 N–H and O–H groups in total. The highest BCUT2D eigenvalue weighted by Gasteiger charge is 2.27. The number of ether oxygens (including phenoxy) is 2. The third-order valence-electron chi connectivity index (χ3n) is 1.89. The van der Waals surface area contributed by atoms with Crippen molar-refractivity contribution in [3.63, 3.8) is 0 Å². The van der Waals surface area contributed by atoms with Crippen LogP contribution in [0.25, 0.3) is 0 Å². The standard InChI is InChI=1S/C9H9FO2/c1-11-6-2-3-7(8(10)4-6)9-5-12-9/h2-4,9H,5H2,1H3/t9-/m0/s1. The minimum atomic E-state index is -0.253. The quantitative estimate of drug-likeness (QED) is 0.629. The van der Waals surface area contributed by atoms with Gasteiger partial charge in [-0.05, 0) is 12.1 Å². The van der Waals surface area contributed by atoms with Gasteiger partial charge in [-0.25, -0.2) is 4.39 Å². The highest BCUT2D eigenvalue weighted by Crippen LogP contribution is 2.32. The van der Waals surface area contributed by atoms with Gasteiger partial charge in [0.05, 0.1) is 13.7 Å². The summed E-state index contributed by atoms with van der Waals surface area (Å²) in [7, 11) is 1.52. The molecule has 0 radical (unpaired) electrons. The zero-order chi connectivity index (χ0) is 8.55. The van der Waals surface area contributed by atoms with E-state index in [9.17, 15) is 4.39 Å². The van der Waals surface area contributed by atoms with E-state index in [0.29, 0.717) is 17.9 Å². The van der Waals surface area contributed by atoms with Crippen molar-refractivity contribution in [1.29, 1.82) is 0 Å². The second-order valence-electron chi connectivity index (χ2n) is 2.71. The van der Waals surface area contributed by atoms with E-state index in [0.717, 1.165) is 0 Å². The number of methoxy groups -OCH3 is 1. The van der Waals surface area contributed by atoms with Gasteiger partial charge in [0.25, 0.3) is 0 Å². The normalized spacial score (nSPS) is 20.7. The molecule has 3 heteroatoms. The maximum Gasteiger partial charge on any atom is 0.132 e. The lowest BCUT2D eigenvalue weighted by Crippen LogP contribution is -1.90. The molecule has 1 atom stereocenters. The number of hydrogen-bond acceptors (Lipinski definition) is 2. The van der Waals surface area contributed by atoms with Crippen molar-refractivity contribution in [2.45, 2.75) is 6.10 Å². The average Bonchev–Trinajstić information content (AvgIpc) is 2.87. The Morgan fingerprint density at radius 1 is 1.58 bits per heavy atom. The molecule has 1 saturated heterocycles. The maximum atomic E-state index is 13.2. The number of epoxide rings is 1. The zero-order valence-corrected chi connectivity index (χ0v) is 6.71. The van der Waals surface area contributed by atoms with Crippen LogP contribution in [0.2, 0.25) is 0 Å². The SMILES string of the molecule is COc1ccc([C@@H]2CO2)c(F)c1. The van der Waals surface area contributed by atoms with E-state index in [1.807, 2.05) is 0 Å². The number of benzene rings is 1. The number of halogens is 1. The van der Waals surface area contributed by atoms with E-state index in [1.165, 1.54) is 13.2 Å². The zero-order valence-electron chi connectivity index (χ0n) is 6.71. The number of rotatable bonds is 2. The lowest BCUT2D eigenvalue weighted by molar-refractivity contribution is 0.399. The highest BCUT2D eigenvalue weighted by atomic mass is 19.1. The van der Waals surface area contributed by atoms with E-state index in [-0.39, 0.29) is 11.9 Å². The second kappa shape index (κ2) is 2.75. The molecular weight excluding hydrogens is 159 g/mol. The van der Waals surface area contributed by atoms with E-state index in [1.54, 1.807) is 12.1 Å². The first-order valence-electron chi connectivity index (χ1n) is 3.76. The summed E-state index contributed by atoms with van der Waals surface area (Å²) in [6.07, 6.45) is -0.0316. The summed E-state index contributed by atoms with van der Waals surface area (Å²) in [6, 6.07) is 4.81. The Labute approximate surface area is 69.9 Å². The summed E-state index contributed by atoms with van der Waals surface area (Å²) in [5.74, 6) is 0.286. The molecule has 2 rings (SSSR count). The number of hydrogen-bond donors (Lipinski definition) is 0. The first kappa shape index (κ1) is 7.55. The van der Waals surface area contributed by atoms with Gasteiger partial charge in [-0.2, -0.15) is 0 Å². The molecule has 0 amide bonds. The van der Waals surface area contributed by atoms with Gasteiger partial charge in [-0.3, -0.25) is 0 Å². The molecule has 0 bridgehead atoms. The highest BCUT2D eigenvalue weighted by molar-refractivity contribution is 5.31. The largest absolute Gasteiger partial charge is 0.497 e. The monoisotopic (exact) mass is 168 g/mol. The summed E-state index contributed by atoms with van der Waals surface area (Å²) >= 11 is 0. The third kappa shape index (κ3) is 1.28. The van der Waals surface area contributed by atoms with Crippen LogP contribution in [0.4, 0.5) is 4.39 Å². The molecule has 0 spiro atoms. The van der Waals surface area contributed by atoms with Crippen molar-refractivity contribution in [3.05, 3.63) is 29.6 Å². The average molecular weight is 168 g/mol. The first-order valence-corrected chi connectivity index (χ1v) is 3.76. The van der Waals surface area contributed by atoms with Gasteiger partial charge >= 0.3 is 0 Å². The van der Waals surface area contributed by atoms with Crippen LogP contribution in [-0.2, 0) is 4.74 Å². The Balaban J connectivity index is 2.32. The van der Waals surface area contributed by atoms with Gasteiger partial charge in [-0.15, -0.1) is 0 Å². The summed E-state index contributed by atoms with van der Waals surface area (Å²) in [5.41, 5.74) is 0.621. The lowest BCUT2D eigenvalue weighted by atomic mass is 10.1. The van der Waals surface area contributed by atoms with Crippen molar-refractivity contribution in [2.24, 2.45) is 0 Å². The molecule has 0 saturated carbocycles. The smallest absolute Gasteiger partial charge is 0.132 e. The Morgan fingerprint density at radius 2 is 2.33 bits per heavy atom. The predicted octanol–water partition coefficient (Wildman–Crippen LogP) is 1.91. The molecule has 2 nitrogen and oxygen atoms in total. The molecule has 1 aliphatic heterocycles. The van der Waals surface area contributed by atoms with E-state index in [2.05, 4.69) is 0 Å². The Hall–Kier alpha value is -1.09. The van der Waals surface area contributed by atoms with Crippen LogP contribution in [0.1, 0.15) is 11.7 Å². The van der Waals surface area contributed by atoms with Gasteiger partial charge in [0, 0.05) is 11.6 Å². The van der Waals surface area contributed by atoms with Crippen molar-refractivity contribution in [3.8, 4) is 5.75 Å². The first-order chi connectivity index (χ1) is 5.81. The Kier molecular flexibility index (Phi) is 1.73. The summed E-state index contributed by atoms with van der Waals surface area (Å²) < 4.78 is 23.0. The maximum absolute atomic E-state index is 13.2. The van der Waals surface area contributed by atoms with Crippen LogP contribution in [0, 0.1) is 5.82 Å². The molecule has 0 unspecified atom stereocenters. The van der Waals surface area contributed by atoms with Gasteiger partial charge < -0.3 is 9.47 Å². The summed E-state index contributed by atoms with van der Waals surface area (Å²) in [6.45, 7) is 0.628. The molecule has 1 fully saturated rings. The minimum Gasteiger partial charge on any atom is -0.497 e. The summed E-state index contributed by atoms with van der Waals surface area (Å²) in [4.78, 5) is 0. The predicted molar refractivity (Wildman–Crippen MR) is 41.6 cm³/mol. The fourth-order valence-electron chi connectivity index (χ4n) is 1.12. The second-order valence-corrected chi connectivity index (χ2v) is 2.71. The fraction of sp³-hybridized carbons (Fsp3) is 0.333. The molecule has 12 heavy (non-hydrogen) atoms. The van der Waals surface area contributed by atoms with Gasteiger partial charge in [0.2, 0.25) is 0 Å². The molecule has 1 aromatic carbocycles. The molecule has 1 aromatic rings. The Morgan fingerprint density at radius 3 is 2.83 bits per heavy atom. The van der Waals surface area contributed by atoms with Crippen molar-refractivity contribution < 1.29 is 13.9 Å². The lowest BCUT2D eigenvalue weighted by Gasteiger charge is -2.01. The van der Waals surface area contributed by atoms with E-state index >= 15 is 0 Å². The molecule has 0 aromatic heterocycles. The van der Waals surface area contributed by atoms with Gasteiger partial charge in [-0.1, -0.05) is 0 Å². The molecule has 64 valence electrons. The fourth-order valence-corrected chi connectivity index (χ4v) is 1.12. The van der Waals surface area contributed by atoms with Crippen LogP contribution in [-0.4, -0.2) is 13.7 Å².